The molecule has 0 radical (unpaired) electrons. The number of nitrogens with two attached hydrogens (primary N) is 1. The van der Waals surface area contributed by atoms with Crippen LogP contribution in [0.25, 0.3) is 0 Å². The number of aromatic amines is 1. The quantitative estimate of drug-likeness (QED) is 0.746. The zero-order valence-electron chi connectivity index (χ0n) is 9.89. The van der Waals surface area contributed by atoms with E-state index in [0.29, 0.717) is 18.0 Å². The number of nitrogens with one attached hydrogen (secondary N) is 1. The van der Waals surface area contributed by atoms with E-state index in [-0.39, 0.29) is 0 Å². The monoisotopic (exact) mass is 245 g/mol. The van der Waals surface area contributed by atoms with E-state index in [2.05, 4.69) is 10.2 Å². The fourth-order valence-electron chi connectivity index (χ4n) is 2.32. The first-order valence-corrected chi connectivity index (χ1v) is 5.99. The number of H-pyrrole nitrogens is 1. The zero-order valence-corrected chi connectivity index (χ0v) is 9.89. The van der Waals surface area contributed by atoms with Crippen molar-refractivity contribution >= 4 is 5.82 Å². The molecule has 5 nitrogen and oxygen atoms in total. The van der Waals surface area contributed by atoms with Crippen molar-refractivity contribution in [2.75, 3.05) is 12.3 Å². The highest BCUT2D eigenvalue weighted by Crippen LogP contribution is 2.36. The van der Waals surface area contributed by atoms with Gasteiger partial charge >= 0.3 is 0 Å². The van der Waals surface area contributed by atoms with Crippen molar-refractivity contribution in [1.29, 1.82) is 0 Å². The molecule has 1 aromatic heterocycles. The lowest BCUT2D eigenvalue weighted by Gasteiger charge is -2.22. The molecule has 0 spiro atoms. The highest BCUT2D eigenvalue weighted by Gasteiger charge is 2.22. The van der Waals surface area contributed by atoms with Gasteiger partial charge in [0, 0.05) is 11.1 Å². The number of hydrogen-bond acceptors (Lipinski definition) is 4. The second-order valence-electron chi connectivity index (χ2n) is 4.43. The number of ether oxygens (including phenoxy) is 1. The number of nitrogen functional groups attached to an aromatic ring is 1. The van der Waals surface area contributed by atoms with Gasteiger partial charge in [0.2, 0.25) is 0 Å². The van der Waals surface area contributed by atoms with Gasteiger partial charge in [-0.1, -0.05) is 18.2 Å². The molecule has 18 heavy (non-hydrogen) atoms. The highest BCUT2D eigenvalue weighted by molar-refractivity contribution is 5.50. The predicted octanol–water partition coefficient (Wildman–Crippen LogP) is 1.40. The zero-order chi connectivity index (χ0) is 12.5. The number of nitrogens with zero attached hydrogens (tertiary/aromatic N) is 1. The van der Waals surface area contributed by atoms with Crippen molar-refractivity contribution in [1.82, 2.24) is 10.2 Å². The van der Waals surface area contributed by atoms with Gasteiger partial charge in [0.1, 0.15) is 17.7 Å². The van der Waals surface area contributed by atoms with Crippen LogP contribution in [0.4, 0.5) is 5.82 Å². The summed E-state index contributed by atoms with van der Waals surface area (Å²) in [5.74, 6) is 1.17. The van der Waals surface area contributed by atoms with Crippen molar-refractivity contribution in [3.8, 4) is 5.75 Å². The molecule has 0 saturated carbocycles. The van der Waals surface area contributed by atoms with E-state index in [1.54, 1.807) is 6.20 Å². The maximum atomic E-state index is 10.4. The topological polar surface area (TPSA) is 84.2 Å². The fraction of sp³-hybridized carbons (Fsp3) is 0.308. The Balaban J connectivity index is 2.04. The van der Waals surface area contributed by atoms with Crippen LogP contribution in [0.5, 0.6) is 5.75 Å². The fourth-order valence-corrected chi connectivity index (χ4v) is 2.32. The highest BCUT2D eigenvalue weighted by atomic mass is 16.5. The summed E-state index contributed by atoms with van der Waals surface area (Å²) in [6.45, 7) is 0.692. The van der Waals surface area contributed by atoms with Gasteiger partial charge in [-0.2, -0.15) is 5.10 Å². The third-order valence-corrected chi connectivity index (χ3v) is 3.25. The molecule has 2 aromatic rings. The van der Waals surface area contributed by atoms with Crippen LogP contribution in [0.1, 0.15) is 29.2 Å². The third-order valence-electron chi connectivity index (χ3n) is 3.25. The van der Waals surface area contributed by atoms with Crippen LogP contribution < -0.4 is 10.5 Å². The van der Waals surface area contributed by atoms with Crippen molar-refractivity contribution in [3.05, 3.63) is 41.1 Å². The molecule has 1 unspecified atom stereocenters. The number of benzene rings is 1. The summed E-state index contributed by atoms with van der Waals surface area (Å²) in [6.07, 6.45) is 2.73. The lowest BCUT2D eigenvalue weighted by Crippen LogP contribution is -2.13. The van der Waals surface area contributed by atoms with Crippen LogP contribution in [-0.4, -0.2) is 21.9 Å². The van der Waals surface area contributed by atoms with Crippen LogP contribution in [0, 0.1) is 0 Å². The van der Waals surface area contributed by atoms with Gasteiger partial charge in [-0.05, 0) is 18.4 Å². The molecule has 1 aromatic carbocycles. The molecule has 0 aliphatic carbocycles. The number of para-hydroxylation sites is 1. The van der Waals surface area contributed by atoms with E-state index in [1.807, 2.05) is 18.2 Å². The Bertz CT molecular complexity index is 565. The van der Waals surface area contributed by atoms with Gasteiger partial charge in [0.25, 0.3) is 0 Å². The first-order valence-electron chi connectivity index (χ1n) is 5.99. The molecule has 5 heteroatoms. The minimum Gasteiger partial charge on any atom is -0.493 e. The second-order valence-corrected chi connectivity index (χ2v) is 4.43. The Morgan fingerprint density at radius 2 is 2.28 bits per heavy atom. The SMILES string of the molecule is Nc1[nH]ncc1C(O)c1cccc2c1OCCC2. The van der Waals surface area contributed by atoms with Crippen molar-refractivity contribution < 1.29 is 9.84 Å². The second kappa shape index (κ2) is 4.34. The molecule has 3 rings (SSSR count). The Hall–Kier alpha value is -2.01. The van der Waals surface area contributed by atoms with E-state index in [4.69, 9.17) is 10.5 Å². The van der Waals surface area contributed by atoms with Crippen LogP contribution in [-0.2, 0) is 6.42 Å². The van der Waals surface area contributed by atoms with Crippen LogP contribution >= 0.6 is 0 Å². The van der Waals surface area contributed by atoms with Gasteiger partial charge < -0.3 is 15.6 Å². The van der Waals surface area contributed by atoms with Gasteiger partial charge in [0.05, 0.1) is 12.8 Å². The molecule has 0 bridgehead atoms. The Kier molecular flexibility index (Phi) is 2.68. The number of aryl methyl sites for hydroxylation is 1. The molecular weight excluding hydrogens is 230 g/mol. The normalized spacial score (nSPS) is 15.8. The summed E-state index contributed by atoms with van der Waals surface area (Å²) in [7, 11) is 0. The van der Waals surface area contributed by atoms with E-state index in [0.717, 1.165) is 29.7 Å². The minimum atomic E-state index is -0.809. The largest absolute Gasteiger partial charge is 0.493 e. The van der Waals surface area contributed by atoms with Gasteiger partial charge in [-0.3, -0.25) is 5.10 Å². The van der Waals surface area contributed by atoms with E-state index >= 15 is 0 Å². The smallest absolute Gasteiger partial charge is 0.128 e. The predicted molar refractivity (Wildman–Crippen MR) is 67.3 cm³/mol. The lowest BCUT2D eigenvalue weighted by atomic mass is 9.96. The van der Waals surface area contributed by atoms with Gasteiger partial charge in [-0.15, -0.1) is 0 Å². The van der Waals surface area contributed by atoms with E-state index in [9.17, 15) is 5.11 Å². The summed E-state index contributed by atoms with van der Waals surface area (Å²) in [4.78, 5) is 0. The average Bonchev–Trinajstić information content (AvgIpc) is 2.83. The summed E-state index contributed by atoms with van der Waals surface area (Å²) in [6, 6.07) is 5.83. The number of hydrogen-bond donors (Lipinski definition) is 3. The molecule has 4 N–H and O–H groups in total. The lowest BCUT2D eigenvalue weighted by molar-refractivity contribution is 0.207. The summed E-state index contributed by atoms with van der Waals surface area (Å²) in [5, 5.41) is 16.9. The van der Waals surface area contributed by atoms with E-state index < -0.39 is 6.10 Å². The summed E-state index contributed by atoms with van der Waals surface area (Å²) >= 11 is 0. The number of aromatic nitrogens is 2. The molecule has 94 valence electrons. The van der Waals surface area contributed by atoms with Crippen molar-refractivity contribution in [2.24, 2.45) is 0 Å². The first kappa shape index (κ1) is 11.1. The Morgan fingerprint density at radius 3 is 3.06 bits per heavy atom. The van der Waals surface area contributed by atoms with Crippen LogP contribution in [0.3, 0.4) is 0 Å². The van der Waals surface area contributed by atoms with Crippen molar-refractivity contribution in [3.63, 3.8) is 0 Å². The Morgan fingerprint density at radius 1 is 1.39 bits per heavy atom. The maximum Gasteiger partial charge on any atom is 0.128 e. The number of anilines is 1. The molecule has 2 heterocycles. The molecule has 0 amide bonds. The number of aliphatic hydroxyl groups excluding tert-OH is 1. The Labute approximate surface area is 105 Å². The minimum absolute atomic E-state index is 0.385. The molecule has 1 aliphatic heterocycles. The van der Waals surface area contributed by atoms with E-state index in [1.165, 1.54) is 0 Å². The molecule has 0 saturated heterocycles. The van der Waals surface area contributed by atoms with Crippen molar-refractivity contribution in [2.45, 2.75) is 18.9 Å². The number of rotatable bonds is 2. The first-order chi connectivity index (χ1) is 8.77. The summed E-state index contributed by atoms with van der Waals surface area (Å²) in [5.41, 5.74) is 8.21. The summed E-state index contributed by atoms with van der Waals surface area (Å²) < 4.78 is 5.68. The maximum absolute atomic E-state index is 10.4. The van der Waals surface area contributed by atoms with Gasteiger partial charge in [0.15, 0.2) is 0 Å². The number of fused-ring (bicyclic) bond motifs is 1. The van der Waals surface area contributed by atoms with Crippen LogP contribution in [0.15, 0.2) is 24.4 Å². The third kappa shape index (κ3) is 1.73. The molecule has 1 aliphatic rings. The molecule has 1 atom stereocenters. The molecular formula is C13H15N3O2. The van der Waals surface area contributed by atoms with Gasteiger partial charge in [-0.25, -0.2) is 0 Å². The van der Waals surface area contributed by atoms with Crippen LogP contribution in [0.2, 0.25) is 0 Å². The average molecular weight is 245 g/mol. The molecule has 0 fully saturated rings. The number of aliphatic hydroxyl groups is 1. The standard InChI is InChI=1S/C13H15N3O2/c14-13-10(7-15-16-13)11(17)9-5-1-3-8-4-2-6-18-12(8)9/h1,3,5,7,11,17H,2,4,6H2,(H3,14,15,16).